The van der Waals surface area contributed by atoms with Crippen molar-refractivity contribution in [2.45, 2.75) is 83.5 Å². The lowest BCUT2D eigenvalue weighted by Crippen LogP contribution is -2.44. The van der Waals surface area contributed by atoms with Crippen molar-refractivity contribution in [1.82, 2.24) is 20.1 Å². The van der Waals surface area contributed by atoms with Crippen LogP contribution in [0.4, 0.5) is 0 Å². The number of phenolic OH excluding ortho intramolecular Hbond substituents is 1. The molecule has 2 unspecified atom stereocenters. The monoisotopic (exact) mass is 704 g/mol. The molecule has 3 aromatic rings. The number of aromatic nitrogens is 1. The first-order chi connectivity index (χ1) is 23.8. The van der Waals surface area contributed by atoms with E-state index in [-0.39, 0.29) is 28.4 Å². The van der Waals surface area contributed by atoms with E-state index in [2.05, 4.69) is 73.3 Å². The highest BCUT2D eigenvalue weighted by Crippen LogP contribution is 2.41. The van der Waals surface area contributed by atoms with Crippen molar-refractivity contribution in [2.75, 3.05) is 59.5 Å². The number of hydrogen-bond donors (Lipinski definition) is 3. The number of benzene rings is 2. The summed E-state index contributed by atoms with van der Waals surface area (Å²) in [7, 11) is -0.347. The number of pyridine rings is 1. The molecular formula is C40H60N4O5Si. The van der Waals surface area contributed by atoms with Crippen LogP contribution in [0.3, 0.4) is 0 Å². The van der Waals surface area contributed by atoms with Crippen molar-refractivity contribution in [3.8, 4) is 5.75 Å². The first-order valence-corrected chi connectivity index (χ1v) is 21.6. The van der Waals surface area contributed by atoms with E-state index in [9.17, 15) is 14.7 Å². The molecule has 10 heteroatoms. The Balaban J connectivity index is 1.01. The van der Waals surface area contributed by atoms with Crippen molar-refractivity contribution in [3.63, 3.8) is 0 Å². The largest absolute Gasteiger partial charge is 0.506 e. The Hall–Kier alpha value is -3.02. The fraction of sp³-hybridized carbons (Fsp3) is 0.600. The minimum atomic E-state index is -2.18. The van der Waals surface area contributed by atoms with Gasteiger partial charge in [0.2, 0.25) is 11.5 Å². The van der Waals surface area contributed by atoms with Crippen LogP contribution in [0.15, 0.2) is 53.3 Å². The summed E-state index contributed by atoms with van der Waals surface area (Å²) >= 11 is 0. The molecule has 2 aliphatic rings. The number of H-pyrrole nitrogens is 1. The van der Waals surface area contributed by atoms with Gasteiger partial charge in [0.05, 0.1) is 31.3 Å². The van der Waals surface area contributed by atoms with E-state index in [1.807, 2.05) is 13.1 Å². The number of aromatic amines is 1. The fourth-order valence-corrected chi connectivity index (χ4v) is 8.48. The summed E-state index contributed by atoms with van der Waals surface area (Å²) in [5.74, 6) is 2.00. The van der Waals surface area contributed by atoms with E-state index < -0.39 is 8.32 Å². The van der Waals surface area contributed by atoms with Crippen LogP contribution in [-0.2, 0) is 26.8 Å². The Morgan fingerprint density at radius 2 is 1.70 bits per heavy atom. The summed E-state index contributed by atoms with van der Waals surface area (Å²) in [6.07, 6.45) is 6.31. The lowest BCUT2D eigenvalue weighted by molar-refractivity contribution is -0.131. The van der Waals surface area contributed by atoms with Gasteiger partial charge in [0.15, 0.2) is 8.32 Å². The van der Waals surface area contributed by atoms with Gasteiger partial charge < -0.3 is 34.4 Å². The molecule has 0 bridgehead atoms. The topological polar surface area (TPSA) is 107 Å². The molecule has 0 radical (unpaired) electrons. The zero-order valence-corrected chi connectivity index (χ0v) is 32.2. The van der Waals surface area contributed by atoms with Crippen LogP contribution in [0, 0.1) is 11.8 Å². The number of likely N-dealkylation sites (N-methyl/N-ethyl adjacent to an activating group) is 1. The van der Waals surface area contributed by atoms with Crippen molar-refractivity contribution < 1.29 is 19.1 Å². The summed E-state index contributed by atoms with van der Waals surface area (Å²) in [4.78, 5) is 32.0. The lowest BCUT2D eigenvalue weighted by atomic mass is 10.0. The summed E-state index contributed by atoms with van der Waals surface area (Å²) in [5.41, 5.74) is 3.72. The van der Waals surface area contributed by atoms with Crippen LogP contribution < -0.4 is 10.9 Å². The number of phenols is 1. The molecule has 1 amide bonds. The molecule has 1 aliphatic carbocycles. The molecule has 2 fully saturated rings. The van der Waals surface area contributed by atoms with Gasteiger partial charge in [0.25, 0.3) is 0 Å². The SMILES string of the molecule is CN(CCNC[C@H](O[Si](C)(C)C(C)(C)C)c1ccc(O)c2[nH]c(=O)ccc12)C(=O)CCOCCc1ccc(CCN2CC3CCCC3C2)cc1. The van der Waals surface area contributed by atoms with E-state index in [1.165, 1.54) is 56.1 Å². The maximum Gasteiger partial charge on any atom is 0.248 e. The van der Waals surface area contributed by atoms with E-state index in [0.29, 0.717) is 44.8 Å². The van der Waals surface area contributed by atoms with E-state index >= 15 is 0 Å². The molecule has 0 spiro atoms. The number of amides is 1. The summed E-state index contributed by atoms with van der Waals surface area (Å²) < 4.78 is 12.7. The van der Waals surface area contributed by atoms with Gasteiger partial charge in [-0.15, -0.1) is 0 Å². The number of hydrogen-bond acceptors (Lipinski definition) is 7. The number of ether oxygens (including phenoxy) is 1. The molecule has 1 aliphatic heterocycles. The summed E-state index contributed by atoms with van der Waals surface area (Å²) in [6, 6.07) is 15.7. The average Bonchev–Trinajstić information content (AvgIpc) is 3.68. The Bertz CT molecular complexity index is 1610. The minimum Gasteiger partial charge on any atom is -0.506 e. The van der Waals surface area contributed by atoms with Gasteiger partial charge in [0, 0.05) is 57.8 Å². The molecule has 2 aromatic carbocycles. The number of carbonyl (C=O) groups is 1. The van der Waals surface area contributed by atoms with Crippen molar-refractivity contribution >= 4 is 25.1 Å². The van der Waals surface area contributed by atoms with Crippen molar-refractivity contribution in [1.29, 1.82) is 0 Å². The minimum absolute atomic E-state index is 0.00215. The Labute approximate surface area is 299 Å². The Morgan fingerprint density at radius 1 is 1.02 bits per heavy atom. The fourth-order valence-electron chi connectivity index (χ4n) is 7.21. The van der Waals surface area contributed by atoms with Gasteiger partial charge in [0.1, 0.15) is 5.75 Å². The number of rotatable bonds is 17. The molecule has 3 N–H and O–H groups in total. The van der Waals surface area contributed by atoms with E-state index in [1.54, 1.807) is 17.0 Å². The lowest BCUT2D eigenvalue weighted by Gasteiger charge is -2.39. The molecule has 1 aromatic heterocycles. The zero-order chi connectivity index (χ0) is 35.9. The molecule has 1 saturated carbocycles. The second-order valence-corrected chi connectivity index (χ2v) is 20.8. The first-order valence-electron chi connectivity index (χ1n) is 18.7. The average molecular weight is 705 g/mol. The number of carbonyl (C=O) groups excluding carboxylic acids is 1. The number of fused-ring (bicyclic) bond motifs is 2. The predicted octanol–water partition coefficient (Wildman–Crippen LogP) is 6.27. The van der Waals surface area contributed by atoms with Gasteiger partial charge in [-0.1, -0.05) is 57.5 Å². The third kappa shape index (κ3) is 10.1. The van der Waals surface area contributed by atoms with E-state index in [4.69, 9.17) is 9.16 Å². The van der Waals surface area contributed by atoms with Gasteiger partial charge in [-0.2, -0.15) is 0 Å². The molecule has 3 atom stereocenters. The Kier molecular flexibility index (Phi) is 13.0. The zero-order valence-electron chi connectivity index (χ0n) is 31.2. The van der Waals surface area contributed by atoms with Crippen LogP contribution in [0.5, 0.6) is 5.75 Å². The smallest absolute Gasteiger partial charge is 0.248 e. The third-order valence-electron chi connectivity index (χ3n) is 11.4. The third-order valence-corrected chi connectivity index (χ3v) is 15.9. The van der Waals surface area contributed by atoms with Gasteiger partial charge >= 0.3 is 0 Å². The maximum atomic E-state index is 12.8. The summed E-state index contributed by atoms with van der Waals surface area (Å²) in [6.45, 7) is 17.5. The van der Waals surface area contributed by atoms with Gasteiger partial charge in [-0.3, -0.25) is 9.59 Å². The van der Waals surface area contributed by atoms with Crippen LogP contribution >= 0.6 is 0 Å². The highest BCUT2D eigenvalue weighted by molar-refractivity contribution is 6.74. The Morgan fingerprint density at radius 3 is 2.38 bits per heavy atom. The molecule has 5 rings (SSSR count). The maximum absolute atomic E-state index is 12.8. The quantitative estimate of drug-likeness (QED) is 0.112. The standard InChI is InChI=1S/C40H60N4O5Si/c1-40(2,3)50(5,6)49-36(33-14-16-35(45)39-34(33)15-17-37(46)42-39)26-41-21-23-43(4)38(47)20-25-48-24-19-30-12-10-29(11-13-30)18-22-44-27-31-8-7-9-32(31)28-44/h10-17,31-32,36,41,45H,7-9,18-28H2,1-6H3,(H,42,46)/t31?,32?,36-/m0/s1. The number of nitrogens with zero attached hydrogens (tertiary/aromatic N) is 2. The number of likely N-dealkylation sites (tertiary alicyclic amines) is 1. The van der Waals surface area contributed by atoms with Crippen molar-refractivity contribution in [3.05, 3.63) is 75.6 Å². The highest BCUT2D eigenvalue weighted by Gasteiger charge is 2.40. The van der Waals surface area contributed by atoms with Crippen LogP contribution in [0.2, 0.25) is 18.1 Å². The van der Waals surface area contributed by atoms with Gasteiger partial charge in [-0.25, -0.2) is 0 Å². The normalized spacial score (nSPS) is 18.8. The second kappa shape index (κ2) is 17.0. The summed E-state index contributed by atoms with van der Waals surface area (Å²) in [5, 5.41) is 14.7. The van der Waals surface area contributed by atoms with Gasteiger partial charge in [-0.05, 0) is 84.5 Å². The highest BCUT2D eigenvalue weighted by atomic mass is 28.4. The molecule has 274 valence electrons. The van der Waals surface area contributed by atoms with Crippen molar-refractivity contribution in [2.24, 2.45) is 11.8 Å². The molecule has 50 heavy (non-hydrogen) atoms. The molecule has 1 saturated heterocycles. The number of aromatic hydroxyl groups is 1. The van der Waals surface area contributed by atoms with Crippen LogP contribution in [0.1, 0.15) is 69.2 Å². The predicted molar refractivity (Wildman–Crippen MR) is 204 cm³/mol. The number of nitrogens with one attached hydrogen (secondary N) is 2. The second-order valence-electron chi connectivity index (χ2n) is 16.1. The van der Waals surface area contributed by atoms with Crippen LogP contribution in [-0.4, -0.2) is 93.6 Å². The first kappa shape index (κ1) is 38.2. The van der Waals surface area contributed by atoms with Crippen LogP contribution in [0.25, 0.3) is 10.9 Å². The molecular weight excluding hydrogens is 645 g/mol. The molecule has 2 heterocycles. The van der Waals surface area contributed by atoms with E-state index in [0.717, 1.165) is 35.6 Å². The molecule has 9 nitrogen and oxygen atoms in total.